The van der Waals surface area contributed by atoms with Gasteiger partial charge in [0.25, 0.3) is 0 Å². The first-order valence-electron chi connectivity index (χ1n) is 13.2. The van der Waals surface area contributed by atoms with Crippen molar-refractivity contribution in [2.45, 2.75) is 60.0 Å². The van der Waals surface area contributed by atoms with E-state index in [1.54, 1.807) is 0 Å². The van der Waals surface area contributed by atoms with Crippen molar-refractivity contribution < 1.29 is 9.13 Å². The van der Waals surface area contributed by atoms with Crippen LogP contribution in [0.15, 0.2) is 35.3 Å². The molecule has 2 aliphatic heterocycles. The molecule has 194 valence electrons. The molecule has 0 atom stereocenters. The molecule has 0 radical (unpaired) electrons. The number of alkyl halides is 1. The van der Waals surface area contributed by atoms with Gasteiger partial charge in [0.15, 0.2) is 0 Å². The van der Waals surface area contributed by atoms with Crippen LogP contribution in [0.3, 0.4) is 0 Å². The Hall–Kier alpha value is -3.32. The first kappa shape index (κ1) is 25.3. The molecule has 0 unspecified atom stereocenters. The van der Waals surface area contributed by atoms with E-state index in [-0.39, 0.29) is 5.92 Å². The van der Waals surface area contributed by atoms with Crippen LogP contribution in [0.2, 0.25) is 0 Å². The quantitative estimate of drug-likeness (QED) is 0.403. The van der Waals surface area contributed by atoms with Gasteiger partial charge in [-0.1, -0.05) is 26.0 Å². The van der Waals surface area contributed by atoms with Crippen molar-refractivity contribution in [2.24, 2.45) is 4.99 Å². The molecule has 2 aliphatic rings. The van der Waals surface area contributed by atoms with E-state index < -0.39 is 6.67 Å². The van der Waals surface area contributed by atoms with E-state index in [1.165, 1.54) is 16.7 Å². The van der Waals surface area contributed by atoms with Gasteiger partial charge in [0, 0.05) is 42.0 Å². The average molecular weight is 502 g/mol. The second-order valence-corrected chi connectivity index (χ2v) is 10.4. The van der Waals surface area contributed by atoms with E-state index >= 15 is 0 Å². The van der Waals surface area contributed by atoms with E-state index in [2.05, 4.69) is 68.2 Å². The predicted molar refractivity (Wildman–Crippen MR) is 148 cm³/mol. The van der Waals surface area contributed by atoms with Gasteiger partial charge in [0.05, 0.1) is 18.8 Å². The summed E-state index contributed by atoms with van der Waals surface area (Å²) in [6.07, 6.45) is 0.934. The van der Waals surface area contributed by atoms with Gasteiger partial charge in [-0.25, -0.2) is 14.4 Å². The van der Waals surface area contributed by atoms with Gasteiger partial charge in [-0.3, -0.25) is 4.99 Å². The van der Waals surface area contributed by atoms with Crippen molar-refractivity contribution in [1.29, 1.82) is 0 Å². The van der Waals surface area contributed by atoms with Crippen LogP contribution in [0.25, 0.3) is 11.1 Å². The standard InChI is InChI=1S/C30H36FN5O/c1-18(2)28-21(5)34-27(16-32-9-8-31)35-30(28)36-10-11-37-29-19(3)12-24(14-25(29)17-36)22-6-7-23-13-20(4)33-26(23)15-22/h6-7,12,14-15,18,32H,8-11,13,16-17H2,1-5H3. The number of ether oxygens (including phenoxy) is 1. The molecule has 6 nitrogen and oxygen atoms in total. The molecule has 1 aromatic heterocycles. The summed E-state index contributed by atoms with van der Waals surface area (Å²) in [6, 6.07) is 11.1. The van der Waals surface area contributed by atoms with E-state index in [4.69, 9.17) is 19.7 Å². The van der Waals surface area contributed by atoms with Gasteiger partial charge in [-0.05, 0) is 67.1 Å². The fourth-order valence-electron chi connectivity index (χ4n) is 5.46. The largest absolute Gasteiger partial charge is 0.491 e. The van der Waals surface area contributed by atoms with Crippen LogP contribution in [0, 0.1) is 13.8 Å². The summed E-state index contributed by atoms with van der Waals surface area (Å²) in [6.45, 7) is 12.9. The number of hydrogen-bond donors (Lipinski definition) is 1. The summed E-state index contributed by atoms with van der Waals surface area (Å²) >= 11 is 0. The maximum atomic E-state index is 12.6. The van der Waals surface area contributed by atoms with Crippen molar-refractivity contribution in [3.05, 3.63) is 64.1 Å². The fourth-order valence-corrected chi connectivity index (χ4v) is 5.46. The lowest BCUT2D eigenvalue weighted by molar-refractivity contribution is 0.329. The number of aromatic nitrogens is 2. The number of benzene rings is 2. The molecule has 0 aliphatic carbocycles. The summed E-state index contributed by atoms with van der Waals surface area (Å²) in [7, 11) is 0. The van der Waals surface area contributed by atoms with Crippen molar-refractivity contribution >= 4 is 17.2 Å². The number of rotatable bonds is 7. The highest BCUT2D eigenvalue weighted by Crippen LogP contribution is 2.38. The molecule has 0 saturated carbocycles. The minimum atomic E-state index is -0.409. The SMILES string of the molecule is CC1=Nc2cc(-c3cc(C)c4c(c3)CN(c3nc(CNCCF)nc(C)c3C(C)C)CCO4)ccc2C1. The molecule has 0 amide bonds. The monoisotopic (exact) mass is 501 g/mol. The summed E-state index contributed by atoms with van der Waals surface area (Å²) < 4.78 is 18.9. The molecule has 1 N–H and O–H groups in total. The van der Waals surface area contributed by atoms with Crippen LogP contribution in [0.1, 0.15) is 60.5 Å². The van der Waals surface area contributed by atoms with Crippen LogP contribution < -0.4 is 15.0 Å². The summed E-state index contributed by atoms with van der Waals surface area (Å²) in [5.41, 5.74) is 10.3. The first-order valence-corrected chi connectivity index (χ1v) is 13.2. The number of aryl methyl sites for hydroxylation is 2. The lowest BCUT2D eigenvalue weighted by Crippen LogP contribution is -2.29. The molecule has 0 saturated heterocycles. The molecule has 3 heterocycles. The Kier molecular flexibility index (Phi) is 7.24. The zero-order valence-corrected chi connectivity index (χ0v) is 22.5. The lowest BCUT2D eigenvalue weighted by atomic mass is 9.97. The Bertz CT molecular complexity index is 1350. The predicted octanol–water partition coefficient (Wildman–Crippen LogP) is 5.99. The molecular weight excluding hydrogens is 465 g/mol. The zero-order chi connectivity index (χ0) is 26.1. The smallest absolute Gasteiger partial charge is 0.144 e. The number of fused-ring (bicyclic) bond motifs is 2. The molecule has 0 spiro atoms. The van der Waals surface area contributed by atoms with E-state index in [1.807, 2.05) is 6.92 Å². The van der Waals surface area contributed by atoms with E-state index in [0.717, 1.165) is 58.3 Å². The van der Waals surface area contributed by atoms with Gasteiger partial charge in [0.1, 0.15) is 30.7 Å². The number of aliphatic imine (C=N–C) groups is 1. The molecule has 37 heavy (non-hydrogen) atoms. The van der Waals surface area contributed by atoms with Crippen molar-refractivity contribution in [1.82, 2.24) is 15.3 Å². The number of hydrogen-bond acceptors (Lipinski definition) is 6. The van der Waals surface area contributed by atoms with E-state index in [9.17, 15) is 4.39 Å². The van der Waals surface area contributed by atoms with Gasteiger partial charge < -0.3 is 15.0 Å². The molecule has 7 heteroatoms. The Morgan fingerprint density at radius 1 is 1.05 bits per heavy atom. The highest BCUT2D eigenvalue weighted by Gasteiger charge is 2.25. The molecular formula is C30H36FN5O. The number of nitrogens with one attached hydrogen (secondary N) is 1. The van der Waals surface area contributed by atoms with Crippen molar-refractivity contribution in [3.8, 4) is 16.9 Å². The molecule has 5 rings (SSSR count). The minimum Gasteiger partial charge on any atom is -0.491 e. The van der Waals surface area contributed by atoms with Crippen LogP contribution in [0.5, 0.6) is 5.75 Å². The summed E-state index contributed by atoms with van der Waals surface area (Å²) in [4.78, 5) is 16.7. The average Bonchev–Trinajstić information content (AvgIpc) is 3.08. The van der Waals surface area contributed by atoms with E-state index in [0.29, 0.717) is 32.1 Å². The zero-order valence-electron chi connectivity index (χ0n) is 22.5. The third kappa shape index (κ3) is 5.23. The Labute approximate surface area is 219 Å². The van der Waals surface area contributed by atoms with Gasteiger partial charge in [-0.15, -0.1) is 0 Å². The first-order chi connectivity index (χ1) is 17.8. The van der Waals surface area contributed by atoms with Crippen LogP contribution in [-0.2, 0) is 19.5 Å². The second-order valence-electron chi connectivity index (χ2n) is 10.4. The van der Waals surface area contributed by atoms with Crippen molar-refractivity contribution in [2.75, 3.05) is 31.3 Å². The van der Waals surface area contributed by atoms with Gasteiger partial charge in [-0.2, -0.15) is 0 Å². The number of halogens is 1. The summed E-state index contributed by atoms with van der Waals surface area (Å²) in [5.74, 6) is 2.87. The highest BCUT2D eigenvalue weighted by atomic mass is 19.1. The number of nitrogens with zero attached hydrogens (tertiary/aromatic N) is 4. The molecule has 2 aromatic carbocycles. The van der Waals surface area contributed by atoms with Crippen LogP contribution >= 0.6 is 0 Å². The Balaban J connectivity index is 1.52. The third-order valence-corrected chi connectivity index (χ3v) is 7.09. The molecule has 3 aromatic rings. The van der Waals surface area contributed by atoms with Gasteiger partial charge >= 0.3 is 0 Å². The Morgan fingerprint density at radius 2 is 1.89 bits per heavy atom. The fraction of sp³-hybridized carbons (Fsp3) is 0.433. The van der Waals surface area contributed by atoms with Crippen LogP contribution in [0.4, 0.5) is 15.9 Å². The Morgan fingerprint density at radius 3 is 2.68 bits per heavy atom. The normalized spacial score (nSPS) is 14.8. The lowest BCUT2D eigenvalue weighted by Gasteiger charge is -2.27. The summed E-state index contributed by atoms with van der Waals surface area (Å²) in [5, 5.41) is 3.09. The third-order valence-electron chi connectivity index (χ3n) is 7.09. The van der Waals surface area contributed by atoms with Crippen LogP contribution in [-0.4, -0.2) is 42.1 Å². The van der Waals surface area contributed by atoms with Crippen molar-refractivity contribution in [3.63, 3.8) is 0 Å². The van der Waals surface area contributed by atoms with Gasteiger partial charge in [0.2, 0.25) is 0 Å². The maximum absolute atomic E-state index is 12.6. The highest BCUT2D eigenvalue weighted by molar-refractivity contribution is 5.93. The topological polar surface area (TPSA) is 62.6 Å². The number of anilines is 1. The molecule has 0 fully saturated rings. The maximum Gasteiger partial charge on any atom is 0.144 e. The second kappa shape index (κ2) is 10.6. The minimum absolute atomic E-state index is 0.273. The molecule has 0 bridgehead atoms.